The minimum absolute atomic E-state index is 0.226. The summed E-state index contributed by atoms with van der Waals surface area (Å²) >= 11 is 0.987. The van der Waals surface area contributed by atoms with Crippen LogP contribution in [-0.4, -0.2) is 21.9 Å². The van der Waals surface area contributed by atoms with Gasteiger partial charge in [-0.2, -0.15) is 4.37 Å². The molecule has 1 aromatic rings. The molecule has 0 radical (unpaired) electrons. The van der Waals surface area contributed by atoms with E-state index in [4.69, 9.17) is 0 Å². The van der Waals surface area contributed by atoms with Gasteiger partial charge in [0, 0.05) is 7.05 Å². The summed E-state index contributed by atoms with van der Waals surface area (Å²) in [6, 6.07) is 0. The van der Waals surface area contributed by atoms with Gasteiger partial charge in [-0.05, 0) is 0 Å². The van der Waals surface area contributed by atoms with Gasteiger partial charge in [-0.3, -0.25) is 0 Å². The third-order valence-electron chi connectivity index (χ3n) is 0.742. The molecule has 0 aliphatic rings. The second-order valence-electron chi connectivity index (χ2n) is 1.39. The predicted molar refractivity (Wildman–Crippen MR) is 35.0 cm³/mol. The fourth-order valence-electron chi connectivity index (χ4n) is 0.347. The molecule has 0 bridgehead atoms. The molecule has 5 nitrogen and oxygen atoms in total. The highest BCUT2D eigenvalue weighted by Gasteiger charge is 2.01. The van der Waals surface area contributed by atoms with Crippen LogP contribution >= 0.6 is 11.7 Å². The van der Waals surface area contributed by atoms with E-state index < -0.39 is 6.09 Å². The molecule has 1 rings (SSSR count). The lowest BCUT2D eigenvalue weighted by Gasteiger charge is -1.95. The molecule has 1 N–H and O–H groups in total. The van der Waals surface area contributed by atoms with Crippen LogP contribution in [0.5, 0.6) is 5.88 Å². The largest absolute Gasteiger partial charge is 0.413 e. The van der Waals surface area contributed by atoms with E-state index >= 15 is 0 Å². The van der Waals surface area contributed by atoms with Crippen LogP contribution in [0.15, 0.2) is 6.20 Å². The summed E-state index contributed by atoms with van der Waals surface area (Å²) in [5, 5.41) is 2.28. The Morgan fingerprint density at radius 2 is 2.70 bits per heavy atom. The molecule has 0 spiro atoms. The van der Waals surface area contributed by atoms with Crippen molar-refractivity contribution in [2.45, 2.75) is 0 Å². The molecule has 6 heteroatoms. The molecule has 0 saturated carbocycles. The molecule has 54 valence electrons. The lowest BCUT2D eigenvalue weighted by Crippen LogP contribution is -2.22. The van der Waals surface area contributed by atoms with Crippen molar-refractivity contribution in [2.75, 3.05) is 7.05 Å². The number of hydrogen-bond acceptors (Lipinski definition) is 5. The molecule has 1 aromatic heterocycles. The first-order chi connectivity index (χ1) is 4.83. The Kier molecular flexibility index (Phi) is 2.16. The Morgan fingerprint density at radius 3 is 3.20 bits per heavy atom. The molecule has 0 unspecified atom stereocenters. The zero-order valence-electron chi connectivity index (χ0n) is 5.20. The highest BCUT2D eigenvalue weighted by atomic mass is 32.1. The lowest BCUT2D eigenvalue weighted by molar-refractivity contribution is 0.201. The highest BCUT2D eigenvalue weighted by molar-refractivity contribution is 6.99. The molecule has 0 aliphatic carbocycles. The van der Waals surface area contributed by atoms with E-state index in [0.717, 1.165) is 11.7 Å². The average molecular weight is 159 g/mol. The normalized spacial score (nSPS) is 8.90. The summed E-state index contributed by atoms with van der Waals surface area (Å²) in [5.41, 5.74) is 0. The van der Waals surface area contributed by atoms with E-state index in [2.05, 4.69) is 18.8 Å². The standard InChI is InChI=1S/C4H5N3O2S/c1-5-4(8)9-3-2-6-10-7-3/h2H,1H3,(H,5,8). The predicted octanol–water partition coefficient (Wildman–Crippen LogP) is 0.256. The van der Waals surface area contributed by atoms with Gasteiger partial charge in [-0.25, -0.2) is 4.79 Å². The molecule has 0 aliphatic heterocycles. The topological polar surface area (TPSA) is 64.1 Å². The van der Waals surface area contributed by atoms with Crippen molar-refractivity contribution in [1.82, 2.24) is 14.1 Å². The van der Waals surface area contributed by atoms with E-state index in [1.807, 2.05) is 0 Å². The second kappa shape index (κ2) is 3.11. The fraction of sp³-hybridized carbons (Fsp3) is 0.250. The first-order valence-electron chi connectivity index (χ1n) is 2.50. The third kappa shape index (κ3) is 1.66. The van der Waals surface area contributed by atoms with Crippen LogP contribution in [-0.2, 0) is 0 Å². The van der Waals surface area contributed by atoms with Crippen molar-refractivity contribution in [3.63, 3.8) is 0 Å². The number of hydrogen-bond donors (Lipinski definition) is 1. The van der Waals surface area contributed by atoms with Crippen molar-refractivity contribution >= 4 is 17.8 Å². The minimum Gasteiger partial charge on any atom is -0.389 e. The molecule has 0 atom stereocenters. The van der Waals surface area contributed by atoms with Gasteiger partial charge in [0.1, 0.15) is 6.20 Å². The number of nitrogens with zero attached hydrogens (tertiary/aromatic N) is 2. The van der Waals surface area contributed by atoms with E-state index in [1.165, 1.54) is 13.2 Å². The molecule has 1 amide bonds. The number of amides is 1. The summed E-state index contributed by atoms with van der Waals surface area (Å²) in [7, 11) is 1.47. The van der Waals surface area contributed by atoms with E-state index in [9.17, 15) is 4.79 Å². The highest BCUT2D eigenvalue weighted by Crippen LogP contribution is 2.04. The monoisotopic (exact) mass is 159 g/mol. The molecule has 0 aromatic carbocycles. The maximum absolute atomic E-state index is 10.5. The number of rotatable bonds is 1. The molecule has 1 heterocycles. The summed E-state index contributed by atoms with van der Waals surface area (Å²) in [4.78, 5) is 10.5. The Morgan fingerprint density at radius 1 is 1.90 bits per heavy atom. The average Bonchev–Trinajstić information content (AvgIpc) is 2.40. The van der Waals surface area contributed by atoms with Crippen LogP contribution in [0.4, 0.5) is 4.79 Å². The molecular formula is C4H5N3O2S. The van der Waals surface area contributed by atoms with Crippen molar-refractivity contribution in [2.24, 2.45) is 0 Å². The Balaban J connectivity index is 2.48. The summed E-state index contributed by atoms with van der Waals surface area (Å²) < 4.78 is 11.9. The Hall–Kier alpha value is -1.17. The summed E-state index contributed by atoms with van der Waals surface area (Å²) in [6.45, 7) is 0. The zero-order valence-corrected chi connectivity index (χ0v) is 6.01. The Bertz CT molecular complexity index is 210. The van der Waals surface area contributed by atoms with Crippen molar-refractivity contribution in [3.8, 4) is 5.88 Å². The maximum atomic E-state index is 10.5. The molecule has 10 heavy (non-hydrogen) atoms. The van der Waals surface area contributed by atoms with E-state index in [1.54, 1.807) is 0 Å². The number of aromatic nitrogens is 2. The number of ether oxygens (including phenoxy) is 1. The fourth-order valence-corrected chi connectivity index (χ4v) is 0.696. The van der Waals surface area contributed by atoms with E-state index in [0.29, 0.717) is 0 Å². The first kappa shape index (κ1) is 6.94. The third-order valence-corrected chi connectivity index (χ3v) is 1.20. The van der Waals surface area contributed by atoms with Gasteiger partial charge in [0.15, 0.2) is 0 Å². The van der Waals surface area contributed by atoms with Gasteiger partial charge >= 0.3 is 6.09 Å². The summed E-state index contributed by atoms with van der Waals surface area (Å²) in [5.74, 6) is 0.226. The number of carbonyl (C=O) groups is 1. The smallest absolute Gasteiger partial charge is 0.389 e. The van der Waals surface area contributed by atoms with Crippen LogP contribution in [0.1, 0.15) is 0 Å². The van der Waals surface area contributed by atoms with Gasteiger partial charge in [-0.1, -0.05) is 0 Å². The van der Waals surface area contributed by atoms with Gasteiger partial charge in [0.2, 0.25) is 0 Å². The number of carbonyl (C=O) groups excluding carboxylic acids is 1. The van der Waals surface area contributed by atoms with E-state index in [-0.39, 0.29) is 5.88 Å². The van der Waals surface area contributed by atoms with Crippen LogP contribution < -0.4 is 10.1 Å². The molecular weight excluding hydrogens is 154 g/mol. The van der Waals surface area contributed by atoms with Crippen LogP contribution in [0.2, 0.25) is 0 Å². The van der Waals surface area contributed by atoms with Gasteiger partial charge < -0.3 is 10.1 Å². The van der Waals surface area contributed by atoms with Gasteiger partial charge in [0.05, 0.1) is 11.7 Å². The van der Waals surface area contributed by atoms with Crippen LogP contribution in [0.3, 0.4) is 0 Å². The van der Waals surface area contributed by atoms with Gasteiger partial charge in [0.25, 0.3) is 5.88 Å². The van der Waals surface area contributed by atoms with Crippen molar-refractivity contribution < 1.29 is 9.53 Å². The Labute approximate surface area is 61.3 Å². The number of nitrogens with one attached hydrogen (secondary N) is 1. The first-order valence-corrected chi connectivity index (χ1v) is 3.23. The van der Waals surface area contributed by atoms with Gasteiger partial charge in [-0.15, -0.1) is 4.37 Å². The van der Waals surface area contributed by atoms with Crippen molar-refractivity contribution in [3.05, 3.63) is 6.20 Å². The van der Waals surface area contributed by atoms with Crippen molar-refractivity contribution in [1.29, 1.82) is 0 Å². The molecule has 0 fully saturated rings. The minimum atomic E-state index is -0.535. The van der Waals surface area contributed by atoms with Crippen LogP contribution in [0.25, 0.3) is 0 Å². The summed E-state index contributed by atoms with van der Waals surface area (Å²) in [6.07, 6.45) is 0.840. The van der Waals surface area contributed by atoms with Crippen LogP contribution in [0, 0.1) is 0 Å². The lowest BCUT2D eigenvalue weighted by atomic mass is 10.8. The SMILES string of the molecule is CNC(=O)Oc1cnsn1. The quantitative estimate of drug-likeness (QED) is 0.638. The maximum Gasteiger partial charge on any atom is 0.413 e. The second-order valence-corrected chi connectivity index (χ2v) is 1.94. The molecule has 0 saturated heterocycles. The zero-order chi connectivity index (χ0) is 7.40.